The number of aliphatic hydroxyl groups is 1. The molecule has 1 rings (SSSR count). The lowest BCUT2D eigenvalue weighted by atomic mass is 10.0. The first-order valence-corrected chi connectivity index (χ1v) is 5.46. The van der Waals surface area contributed by atoms with E-state index in [0.717, 1.165) is 0 Å². The molecule has 3 nitrogen and oxygen atoms in total. The van der Waals surface area contributed by atoms with E-state index in [1.54, 1.807) is 0 Å². The van der Waals surface area contributed by atoms with Gasteiger partial charge in [0.15, 0.2) is 0 Å². The van der Waals surface area contributed by atoms with Crippen molar-refractivity contribution < 1.29 is 32.2 Å². The van der Waals surface area contributed by atoms with Crippen LogP contribution in [0.2, 0.25) is 0 Å². The summed E-state index contributed by atoms with van der Waals surface area (Å²) in [5.41, 5.74) is -1.67. The average molecular weight is 280 g/mol. The standard InChI is InChI=1S/C12H12F4O3/c1-2-19-11(18)6-10(17)8-5-7(12(14,15)16)3-4-9(8)13/h3-5,10,17H,2,6H2,1H3. The molecule has 1 N–H and O–H groups in total. The van der Waals surface area contributed by atoms with Crippen molar-refractivity contribution >= 4 is 5.97 Å². The van der Waals surface area contributed by atoms with Crippen LogP contribution in [0.1, 0.15) is 30.6 Å². The highest BCUT2D eigenvalue weighted by Crippen LogP contribution is 2.32. The molecule has 0 aliphatic carbocycles. The smallest absolute Gasteiger partial charge is 0.416 e. The molecule has 1 atom stereocenters. The van der Waals surface area contributed by atoms with Gasteiger partial charge in [-0.3, -0.25) is 4.79 Å². The second kappa shape index (κ2) is 6.01. The van der Waals surface area contributed by atoms with Crippen LogP contribution in [0.5, 0.6) is 0 Å². The molecule has 1 aromatic rings. The van der Waals surface area contributed by atoms with E-state index >= 15 is 0 Å². The van der Waals surface area contributed by atoms with Crippen molar-refractivity contribution in [2.24, 2.45) is 0 Å². The van der Waals surface area contributed by atoms with Gasteiger partial charge >= 0.3 is 12.1 Å². The minimum atomic E-state index is -4.65. The Hall–Kier alpha value is -1.63. The maximum Gasteiger partial charge on any atom is 0.416 e. The zero-order valence-electron chi connectivity index (χ0n) is 10.00. The van der Waals surface area contributed by atoms with Crippen LogP contribution in [0.3, 0.4) is 0 Å². The Balaban J connectivity index is 2.96. The van der Waals surface area contributed by atoms with Gasteiger partial charge in [0.05, 0.1) is 24.7 Å². The normalized spacial score (nSPS) is 13.2. The van der Waals surface area contributed by atoms with E-state index < -0.39 is 41.6 Å². The van der Waals surface area contributed by atoms with Crippen molar-refractivity contribution in [3.8, 4) is 0 Å². The Morgan fingerprint density at radius 3 is 2.58 bits per heavy atom. The van der Waals surface area contributed by atoms with E-state index in [0.29, 0.717) is 18.2 Å². The fraction of sp³-hybridized carbons (Fsp3) is 0.417. The summed E-state index contributed by atoms with van der Waals surface area (Å²) in [4.78, 5) is 11.1. The monoisotopic (exact) mass is 280 g/mol. The van der Waals surface area contributed by atoms with E-state index in [1.807, 2.05) is 0 Å². The van der Waals surface area contributed by atoms with Gasteiger partial charge in [0.1, 0.15) is 5.82 Å². The second-order valence-electron chi connectivity index (χ2n) is 3.76. The molecule has 1 unspecified atom stereocenters. The van der Waals surface area contributed by atoms with Crippen LogP contribution in [0.4, 0.5) is 17.6 Å². The molecule has 0 spiro atoms. The lowest BCUT2D eigenvalue weighted by Crippen LogP contribution is -2.13. The molecule has 0 aromatic heterocycles. The summed E-state index contributed by atoms with van der Waals surface area (Å²) in [6.45, 7) is 1.60. The number of carbonyl (C=O) groups is 1. The third kappa shape index (κ3) is 4.20. The molecule has 7 heteroatoms. The SMILES string of the molecule is CCOC(=O)CC(O)c1cc(C(F)(F)F)ccc1F. The van der Waals surface area contributed by atoms with Gasteiger partial charge in [0.25, 0.3) is 0 Å². The van der Waals surface area contributed by atoms with Gasteiger partial charge in [0.2, 0.25) is 0 Å². The van der Waals surface area contributed by atoms with Crippen LogP contribution in [-0.4, -0.2) is 17.7 Å². The van der Waals surface area contributed by atoms with Gasteiger partial charge in [-0.1, -0.05) is 0 Å². The summed E-state index contributed by atoms with van der Waals surface area (Å²) < 4.78 is 55.2. The molecule has 0 radical (unpaired) electrons. The summed E-state index contributed by atoms with van der Waals surface area (Å²) in [6.07, 6.45) is -6.93. The van der Waals surface area contributed by atoms with E-state index in [-0.39, 0.29) is 6.61 Å². The number of rotatable bonds is 4. The van der Waals surface area contributed by atoms with E-state index in [1.165, 1.54) is 6.92 Å². The average Bonchev–Trinajstić information content (AvgIpc) is 2.27. The molecule has 0 aliphatic heterocycles. The first-order chi connectivity index (χ1) is 8.75. The molecule has 0 bridgehead atoms. The summed E-state index contributed by atoms with van der Waals surface area (Å²) in [6, 6.07) is 1.65. The van der Waals surface area contributed by atoms with Gasteiger partial charge in [-0.15, -0.1) is 0 Å². The van der Waals surface area contributed by atoms with Crippen LogP contribution in [-0.2, 0) is 15.7 Å². The Morgan fingerprint density at radius 2 is 2.05 bits per heavy atom. The number of benzene rings is 1. The Labute approximate surface area is 106 Å². The molecule has 0 fully saturated rings. The van der Waals surface area contributed by atoms with Crippen molar-refractivity contribution in [3.63, 3.8) is 0 Å². The maximum absolute atomic E-state index is 13.4. The first kappa shape index (κ1) is 15.4. The predicted octanol–water partition coefficient (Wildman–Crippen LogP) is 2.83. The molecule has 19 heavy (non-hydrogen) atoms. The molecule has 0 heterocycles. The fourth-order valence-corrected chi connectivity index (χ4v) is 1.46. The van der Waals surface area contributed by atoms with Crippen LogP contribution in [0.25, 0.3) is 0 Å². The van der Waals surface area contributed by atoms with Crippen LogP contribution < -0.4 is 0 Å². The van der Waals surface area contributed by atoms with Gasteiger partial charge < -0.3 is 9.84 Å². The third-order valence-electron chi connectivity index (χ3n) is 2.35. The van der Waals surface area contributed by atoms with E-state index in [4.69, 9.17) is 0 Å². The topological polar surface area (TPSA) is 46.5 Å². The number of hydrogen-bond donors (Lipinski definition) is 1. The first-order valence-electron chi connectivity index (χ1n) is 5.46. The fourth-order valence-electron chi connectivity index (χ4n) is 1.46. The minimum Gasteiger partial charge on any atom is -0.466 e. The molecule has 0 amide bonds. The molecule has 0 saturated carbocycles. The van der Waals surface area contributed by atoms with Gasteiger partial charge in [0, 0.05) is 5.56 Å². The van der Waals surface area contributed by atoms with Crippen LogP contribution >= 0.6 is 0 Å². The summed E-state index contributed by atoms with van der Waals surface area (Å²) in [5.74, 6) is -1.82. The highest BCUT2D eigenvalue weighted by Gasteiger charge is 2.32. The molecule has 0 aliphatic rings. The Morgan fingerprint density at radius 1 is 1.42 bits per heavy atom. The number of ether oxygens (including phenoxy) is 1. The van der Waals surface area contributed by atoms with Crippen molar-refractivity contribution in [1.29, 1.82) is 0 Å². The number of alkyl halides is 3. The predicted molar refractivity (Wildman–Crippen MR) is 57.6 cm³/mol. The molecule has 1 aromatic carbocycles. The third-order valence-corrected chi connectivity index (χ3v) is 2.35. The molecule has 106 valence electrons. The Bertz CT molecular complexity index is 457. The minimum absolute atomic E-state index is 0.0661. The van der Waals surface area contributed by atoms with Crippen molar-refractivity contribution in [3.05, 3.63) is 35.1 Å². The van der Waals surface area contributed by atoms with E-state index in [2.05, 4.69) is 4.74 Å². The summed E-state index contributed by atoms with van der Waals surface area (Å²) >= 11 is 0. The highest BCUT2D eigenvalue weighted by atomic mass is 19.4. The lowest BCUT2D eigenvalue weighted by molar-refractivity contribution is -0.145. The van der Waals surface area contributed by atoms with Gasteiger partial charge in [-0.2, -0.15) is 13.2 Å². The summed E-state index contributed by atoms with van der Waals surface area (Å²) in [5, 5.41) is 9.58. The van der Waals surface area contributed by atoms with Crippen LogP contribution in [0, 0.1) is 5.82 Å². The molecular formula is C12H12F4O3. The van der Waals surface area contributed by atoms with E-state index in [9.17, 15) is 27.5 Å². The lowest BCUT2D eigenvalue weighted by Gasteiger charge is -2.14. The number of halogens is 4. The van der Waals surface area contributed by atoms with Crippen molar-refractivity contribution in [2.75, 3.05) is 6.61 Å². The zero-order chi connectivity index (χ0) is 14.6. The van der Waals surface area contributed by atoms with Crippen molar-refractivity contribution in [2.45, 2.75) is 25.6 Å². The zero-order valence-corrected chi connectivity index (χ0v) is 10.00. The second-order valence-corrected chi connectivity index (χ2v) is 3.76. The number of esters is 1. The largest absolute Gasteiger partial charge is 0.466 e. The quantitative estimate of drug-likeness (QED) is 0.681. The maximum atomic E-state index is 13.4. The Kier molecular flexibility index (Phi) is 4.88. The van der Waals surface area contributed by atoms with Crippen LogP contribution in [0.15, 0.2) is 18.2 Å². The van der Waals surface area contributed by atoms with Gasteiger partial charge in [-0.05, 0) is 25.1 Å². The van der Waals surface area contributed by atoms with Crippen molar-refractivity contribution in [1.82, 2.24) is 0 Å². The highest BCUT2D eigenvalue weighted by molar-refractivity contribution is 5.70. The molecular weight excluding hydrogens is 268 g/mol. The molecule has 0 saturated heterocycles. The number of hydrogen-bond acceptors (Lipinski definition) is 3. The summed E-state index contributed by atoms with van der Waals surface area (Å²) in [7, 11) is 0. The number of carbonyl (C=O) groups excluding carboxylic acids is 1. The van der Waals surface area contributed by atoms with Gasteiger partial charge in [-0.25, -0.2) is 4.39 Å². The number of aliphatic hydroxyl groups excluding tert-OH is 1.